The molecule has 3 nitrogen and oxygen atoms in total. The molecular weight excluding hydrogens is 595 g/mol. The Balaban J connectivity index is 0.943. The number of nitrogens with one attached hydrogen (secondary N) is 1. The number of hydrogen-bond acceptors (Lipinski definition) is 2. The van der Waals surface area contributed by atoms with Gasteiger partial charge in [-0.15, -0.1) is 0 Å². The summed E-state index contributed by atoms with van der Waals surface area (Å²) in [4.78, 5) is 9.15. The summed E-state index contributed by atoms with van der Waals surface area (Å²) in [5, 5.41) is 0. The second kappa shape index (κ2) is 11.8. The molecule has 242 valence electrons. The normalized spacial score (nSPS) is 26.5. The summed E-state index contributed by atoms with van der Waals surface area (Å²) in [6.07, 6.45) is 37.7. The van der Waals surface area contributed by atoms with E-state index in [-0.39, 0.29) is 0 Å². The molecule has 7 aliphatic rings. The Morgan fingerprint density at radius 2 is 1.67 bits per heavy atom. The summed E-state index contributed by atoms with van der Waals surface area (Å²) in [5.41, 5.74) is 16.7. The molecule has 4 atom stereocenters. The van der Waals surface area contributed by atoms with Crippen molar-refractivity contribution >= 4 is 16.8 Å². The summed E-state index contributed by atoms with van der Waals surface area (Å²) in [6.45, 7) is 0. The van der Waals surface area contributed by atoms with Crippen LogP contribution in [-0.2, 0) is 0 Å². The zero-order chi connectivity index (χ0) is 32.3. The van der Waals surface area contributed by atoms with Gasteiger partial charge in [-0.3, -0.25) is 0 Å². The quantitative estimate of drug-likeness (QED) is 0.281. The average Bonchev–Trinajstić information content (AvgIpc) is 3.89. The SMILES string of the molecule is C1=CC2c3cc(C4=CCC5C(=C4)C4=C(CCC=C4)N5C4=CC=C(c5ccc(-c6ccccc6)[nH]5)CC4)ccc3N(C3CC=CCC3)C2C=C1. The van der Waals surface area contributed by atoms with Crippen LogP contribution in [0.3, 0.4) is 0 Å². The number of nitrogens with zero attached hydrogens (tertiary/aromatic N) is 2. The predicted octanol–water partition coefficient (Wildman–Crippen LogP) is 11.0. The van der Waals surface area contributed by atoms with E-state index in [0.717, 1.165) is 38.5 Å². The Hall–Kier alpha value is -5.02. The largest absolute Gasteiger partial charge is 0.361 e. The Morgan fingerprint density at radius 1 is 0.755 bits per heavy atom. The van der Waals surface area contributed by atoms with E-state index in [2.05, 4.69) is 148 Å². The van der Waals surface area contributed by atoms with Gasteiger partial charge in [0, 0.05) is 40.4 Å². The molecule has 3 heteroatoms. The summed E-state index contributed by atoms with van der Waals surface area (Å²) in [6, 6.07) is 23.8. The van der Waals surface area contributed by atoms with E-state index in [1.807, 2.05) is 0 Å². The van der Waals surface area contributed by atoms with Gasteiger partial charge in [0.25, 0.3) is 0 Å². The van der Waals surface area contributed by atoms with Gasteiger partial charge in [0.1, 0.15) is 0 Å². The highest BCUT2D eigenvalue weighted by atomic mass is 15.2. The first-order valence-corrected chi connectivity index (χ1v) is 18.5. The van der Waals surface area contributed by atoms with E-state index in [4.69, 9.17) is 0 Å². The number of rotatable bonds is 5. The van der Waals surface area contributed by atoms with Gasteiger partial charge in [0.05, 0.1) is 12.1 Å². The summed E-state index contributed by atoms with van der Waals surface area (Å²) < 4.78 is 0. The van der Waals surface area contributed by atoms with Crippen LogP contribution in [0.5, 0.6) is 0 Å². The lowest BCUT2D eigenvalue weighted by Crippen LogP contribution is -2.41. The fourth-order valence-electron chi connectivity index (χ4n) is 9.55. The van der Waals surface area contributed by atoms with Crippen molar-refractivity contribution in [3.8, 4) is 11.3 Å². The van der Waals surface area contributed by atoms with Crippen LogP contribution in [0, 0.1) is 0 Å². The zero-order valence-electron chi connectivity index (χ0n) is 28.1. The molecule has 10 rings (SSSR count). The van der Waals surface area contributed by atoms with Crippen molar-refractivity contribution in [1.82, 2.24) is 9.88 Å². The summed E-state index contributed by atoms with van der Waals surface area (Å²) in [7, 11) is 0. The van der Waals surface area contributed by atoms with Crippen molar-refractivity contribution in [2.24, 2.45) is 0 Å². The summed E-state index contributed by atoms with van der Waals surface area (Å²) >= 11 is 0. The molecule has 0 fully saturated rings. The lowest BCUT2D eigenvalue weighted by Gasteiger charge is -2.37. The second-order valence-corrected chi connectivity index (χ2v) is 14.6. The van der Waals surface area contributed by atoms with Crippen LogP contribution in [-0.4, -0.2) is 28.0 Å². The van der Waals surface area contributed by atoms with Gasteiger partial charge < -0.3 is 14.8 Å². The highest BCUT2D eigenvalue weighted by Crippen LogP contribution is 2.50. The van der Waals surface area contributed by atoms with Crippen LogP contribution in [0.1, 0.15) is 74.1 Å². The molecule has 0 saturated heterocycles. The first kappa shape index (κ1) is 28.9. The molecule has 2 aromatic carbocycles. The molecule has 4 unspecified atom stereocenters. The van der Waals surface area contributed by atoms with Gasteiger partial charge in [-0.25, -0.2) is 0 Å². The van der Waals surface area contributed by atoms with Crippen LogP contribution in [0.2, 0.25) is 0 Å². The van der Waals surface area contributed by atoms with E-state index in [9.17, 15) is 0 Å². The Kier molecular flexibility index (Phi) is 6.99. The molecule has 3 heterocycles. The molecule has 49 heavy (non-hydrogen) atoms. The molecule has 0 spiro atoms. The van der Waals surface area contributed by atoms with Crippen molar-refractivity contribution in [1.29, 1.82) is 0 Å². The minimum Gasteiger partial charge on any atom is -0.361 e. The van der Waals surface area contributed by atoms with Crippen LogP contribution >= 0.6 is 0 Å². The van der Waals surface area contributed by atoms with E-state index in [1.54, 1.807) is 0 Å². The minimum absolute atomic E-state index is 0.382. The van der Waals surface area contributed by atoms with E-state index in [0.29, 0.717) is 24.0 Å². The van der Waals surface area contributed by atoms with Crippen molar-refractivity contribution in [2.45, 2.75) is 75.4 Å². The molecule has 0 amide bonds. The van der Waals surface area contributed by atoms with Gasteiger partial charge in [0.15, 0.2) is 0 Å². The maximum atomic E-state index is 3.69. The van der Waals surface area contributed by atoms with Crippen LogP contribution in [0.15, 0.2) is 156 Å². The number of anilines is 1. The third-order valence-corrected chi connectivity index (χ3v) is 11.9. The van der Waals surface area contributed by atoms with E-state index in [1.165, 1.54) is 80.3 Å². The number of fused-ring (bicyclic) bond motifs is 5. The predicted molar refractivity (Wildman–Crippen MR) is 204 cm³/mol. The highest BCUT2D eigenvalue weighted by molar-refractivity contribution is 5.82. The molecule has 0 saturated carbocycles. The average molecular weight is 638 g/mol. The van der Waals surface area contributed by atoms with Gasteiger partial charge in [-0.2, -0.15) is 0 Å². The molecule has 1 N–H and O–H groups in total. The van der Waals surface area contributed by atoms with Gasteiger partial charge in [-0.1, -0.05) is 97.2 Å². The molecular formula is C46H43N3. The third-order valence-electron chi connectivity index (χ3n) is 11.9. The molecule has 2 aliphatic heterocycles. The summed E-state index contributed by atoms with van der Waals surface area (Å²) in [5.74, 6) is 0.431. The fourth-order valence-corrected chi connectivity index (χ4v) is 9.55. The molecule has 5 aliphatic carbocycles. The van der Waals surface area contributed by atoms with Gasteiger partial charge >= 0.3 is 0 Å². The number of benzene rings is 2. The maximum absolute atomic E-state index is 3.69. The molecule has 0 radical (unpaired) electrons. The molecule has 0 bridgehead atoms. The van der Waals surface area contributed by atoms with Crippen molar-refractivity contribution in [3.63, 3.8) is 0 Å². The number of aromatic nitrogens is 1. The van der Waals surface area contributed by atoms with Crippen LogP contribution in [0.4, 0.5) is 5.69 Å². The topological polar surface area (TPSA) is 22.3 Å². The first-order valence-electron chi connectivity index (χ1n) is 18.5. The van der Waals surface area contributed by atoms with Gasteiger partial charge in [-0.05, 0) is 127 Å². The van der Waals surface area contributed by atoms with Crippen LogP contribution < -0.4 is 4.90 Å². The van der Waals surface area contributed by atoms with Crippen molar-refractivity contribution in [2.75, 3.05) is 4.90 Å². The van der Waals surface area contributed by atoms with Crippen molar-refractivity contribution in [3.05, 3.63) is 173 Å². The van der Waals surface area contributed by atoms with Crippen LogP contribution in [0.25, 0.3) is 22.4 Å². The number of hydrogen-bond donors (Lipinski definition) is 1. The highest BCUT2D eigenvalue weighted by Gasteiger charge is 2.41. The van der Waals surface area contributed by atoms with E-state index >= 15 is 0 Å². The number of aromatic amines is 1. The minimum atomic E-state index is 0.382. The maximum Gasteiger partial charge on any atom is 0.0626 e. The monoisotopic (exact) mass is 637 g/mol. The fraction of sp³-hybridized carbons (Fsp3) is 0.261. The first-order chi connectivity index (χ1) is 24.3. The lowest BCUT2D eigenvalue weighted by molar-refractivity contribution is 0.350. The Labute approximate surface area is 290 Å². The zero-order valence-corrected chi connectivity index (χ0v) is 28.1. The Morgan fingerprint density at radius 3 is 2.55 bits per heavy atom. The number of allylic oxidation sites excluding steroid dienone is 12. The number of H-pyrrole nitrogens is 1. The third kappa shape index (κ3) is 4.85. The second-order valence-electron chi connectivity index (χ2n) is 14.6. The van der Waals surface area contributed by atoms with E-state index < -0.39 is 0 Å². The smallest absolute Gasteiger partial charge is 0.0626 e. The Bertz CT molecular complexity index is 2100. The standard InChI is InChI=1S/C46H43N3/c1-3-11-31(12-4-1)41-25-26-42(47-41)32-19-23-36(24-20-32)49-44-18-10-8-16-38(44)40-30-34(22-28-46(40)49)33-21-27-45-39(29-33)37-15-7-9-17-43(37)48(45)35-13-5-2-6-14-35/h1-5,7-9,11-12,15-17,19,21-23,25-27,29-30,35,37,43,46-47H,6,10,13-14,18,20,24,28H2. The van der Waals surface area contributed by atoms with Gasteiger partial charge in [0.2, 0.25) is 0 Å². The lowest BCUT2D eigenvalue weighted by atomic mass is 9.85. The molecule has 3 aromatic rings. The molecule has 1 aromatic heterocycles. The van der Waals surface area contributed by atoms with Crippen molar-refractivity contribution < 1.29 is 0 Å².